The van der Waals surface area contributed by atoms with Gasteiger partial charge in [-0.15, -0.1) is 10.2 Å². The molecule has 0 saturated heterocycles. The van der Waals surface area contributed by atoms with Gasteiger partial charge in [-0.2, -0.15) is 0 Å². The van der Waals surface area contributed by atoms with E-state index in [1.165, 1.54) is 0 Å². The summed E-state index contributed by atoms with van der Waals surface area (Å²) < 4.78 is 5.43. The number of benzene rings is 1. The first kappa shape index (κ1) is 14.3. The van der Waals surface area contributed by atoms with Gasteiger partial charge in [-0.05, 0) is 48.1 Å². The summed E-state index contributed by atoms with van der Waals surface area (Å²) in [5, 5.41) is 10.8. The van der Waals surface area contributed by atoms with E-state index in [9.17, 15) is 4.79 Å². The van der Waals surface area contributed by atoms with Crippen LogP contribution in [0.25, 0.3) is 0 Å². The van der Waals surface area contributed by atoms with E-state index >= 15 is 0 Å². The first-order valence-corrected chi connectivity index (χ1v) is 7.80. The van der Waals surface area contributed by atoms with E-state index < -0.39 is 0 Å². The molecular formula is C14H14ClN3O2S. The maximum atomic E-state index is 12.2. The quantitative estimate of drug-likeness (QED) is 0.918. The van der Waals surface area contributed by atoms with Crippen molar-refractivity contribution in [3.05, 3.63) is 39.3 Å². The summed E-state index contributed by atoms with van der Waals surface area (Å²) in [6.45, 7) is 0. The van der Waals surface area contributed by atoms with Crippen LogP contribution in [0.5, 0.6) is 5.75 Å². The number of amides is 1. The third kappa shape index (κ3) is 3.33. The Kier molecular flexibility index (Phi) is 4.07. The number of hydrogen-bond acceptors (Lipinski definition) is 5. The van der Waals surface area contributed by atoms with E-state index in [0.29, 0.717) is 10.9 Å². The Morgan fingerprint density at radius 1 is 1.38 bits per heavy atom. The van der Waals surface area contributed by atoms with E-state index in [1.54, 1.807) is 7.11 Å². The normalized spacial score (nSPS) is 15.5. The van der Waals surface area contributed by atoms with Crippen LogP contribution in [0.4, 0.5) is 0 Å². The summed E-state index contributed by atoms with van der Waals surface area (Å²) in [6, 6.07) is 7.76. The Labute approximate surface area is 131 Å². The maximum Gasteiger partial charge on any atom is 0.282 e. The van der Waals surface area contributed by atoms with Gasteiger partial charge in [0.2, 0.25) is 9.47 Å². The summed E-state index contributed by atoms with van der Waals surface area (Å²) in [7, 11) is 1.63. The van der Waals surface area contributed by atoms with Crippen molar-refractivity contribution in [1.29, 1.82) is 0 Å². The summed E-state index contributed by atoms with van der Waals surface area (Å²) in [6.07, 6.45) is 2.24. The Balaban J connectivity index is 1.76. The molecule has 0 aliphatic heterocycles. The highest BCUT2D eigenvalue weighted by Crippen LogP contribution is 2.41. The SMILES string of the molecule is COc1ccc(C(NC(=O)c2nnc(Cl)s2)C2CC2)cc1. The molecule has 1 aliphatic rings. The number of carbonyl (C=O) groups excluding carboxylic acids is 1. The Morgan fingerprint density at radius 3 is 2.62 bits per heavy atom. The van der Waals surface area contributed by atoms with Crippen LogP contribution in [0.3, 0.4) is 0 Å². The lowest BCUT2D eigenvalue weighted by atomic mass is 10.0. The van der Waals surface area contributed by atoms with Crippen LogP contribution in [0, 0.1) is 5.92 Å². The second-order valence-corrected chi connectivity index (χ2v) is 6.48. The predicted octanol–water partition coefficient (Wildman–Crippen LogP) is 3.08. The minimum absolute atomic E-state index is 0.00826. The van der Waals surface area contributed by atoms with Crippen molar-refractivity contribution in [3.63, 3.8) is 0 Å². The van der Waals surface area contributed by atoms with E-state index in [4.69, 9.17) is 16.3 Å². The van der Waals surface area contributed by atoms with Crippen LogP contribution in [-0.4, -0.2) is 23.2 Å². The number of aromatic nitrogens is 2. The van der Waals surface area contributed by atoms with Gasteiger partial charge in [0.25, 0.3) is 5.91 Å². The molecule has 21 heavy (non-hydrogen) atoms. The smallest absolute Gasteiger partial charge is 0.282 e. The van der Waals surface area contributed by atoms with Gasteiger partial charge in [-0.25, -0.2) is 0 Å². The number of hydrogen-bond donors (Lipinski definition) is 1. The Bertz CT molecular complexity index is 640. The van der Waals surface area contributed by atoms with Crippen molar-refractivity contribution >= 4 is 28.8 Å². The monoisotopic (exact) mass is 323 g/mol. The van der Waals surface area contributed by atoms with Gasteiger partial charge in [-0.3, -0.25) is 4.79 Å². The molecule has 110 valence electrons. The standard InChI is InChI=1S/C14H14ClN3O2S/c1-20-10-6-4-9(5-7-10)11(8-2-3-8)16-12(19)13-17-18-14(15)21-13/h4-8,11H,2-3H2,1H3,(H,16,19). The van der Waals surface area contributed by atoms with Crippen LogP contribution in [0.15, 0.2) is 24.3 Å². The average Bonchev–Trinajstić information content (AvgIpc) is 3.25. The zero-order chi connectivity index (χ0) is 14.8. The van der Waals surface area contributed by atoms with Gasteiger partial charge >= 0.3 is 0 Å². The van der Waals surface area contributed by atoms with Gasteiger partial charge in [-0.1, -0.05) is 23.5 Å². The number of halogens is 1. The Morgan fingerprint density at radius 2 is 2.10 bits per heavy atom. The maximum absolute atomic E-state index is 12.2. The molecule has 5 nitrogen and oxygen atoms in total. The van der Waals surface area contributed by atoms with E-state index in [-0.39, 0.29) is 16.4 Å². The molecule has 1 N–H and O–H groups in total. The minimum atomic E-state index is -0.230. The van der Waals surface area contributed by atoms with E-state index in [0.717, 1.165) is 35.5 Å². The number of carbonyl (C=O) groups is 1. The molecule has 1 amide bonds. The van der Waals surface area contributed by atoms with Gasteiger partial charge in [0.1, 0.15) is 5.75 Å². The van der Waals surface area contributed by atoms with Gasteiger partial charge in [0, 0.05) is 0 Å². The number of ether oxygens (including phenoxy) is 1. The molecule has 7 heteroatoms. The molecule has 1 atom stereocenters. The van der Waals surface area contributed by atoms with Gasteiger partial charge < -0.3 is 10.1 Å². The molecule has 2 aromatic rings. The molecule has 1 fully saturated rings. The van der Waals surface area contributed by atoms with Crippen molar-refractivity contribution in [1.82, 2.24) is 15.5 Å². The number of nitrogens with one attached hydrogen (secondary N) is 1. The van der Waals surface area contributed by atoms with Crippen molar-refractivity contribution < 1.29 is 9.53 Å². The fraction of sp³-hybridized carbons (Fsp3) is 0.357. The fourth-order valence-corrected chi connectivity index (χ4v) is 2.95. The van der Waals surface area contributed by atoms with Crippen LogP contribution >= 0.6 is 22.9 Å². The molecule has 0 radical (unpaired) electrons. The number of nitrogens with zero attached hydrogens (tertiary/aromatic N) is 2. The minimum Gasteiger partial charge on any atom is -0.497 e. The van der Waals surface area contributed by atoms with E-state index in [2.05, 4.69) is 15.5 Å². The van der Waals surface area contributed by atoms with Crippen LogP contribution in [0.2, 0.25) is 4.47 Å². The first-order chi connectivity index (χ1) is 10.2. The van der Waals surface area contributed by atoms with Crippen molar-refractivity contribution in [3.8, 4) is 5.75 Å². The molecule has 1 aromatic carbocycles. The topological polar surface area (TPSA) is 64.1 Å². The first-order valence-electron chi connectivity index (χ1n) is 6.61. The summed E-state index contributed by atoms with van der Waals surface area (Å²) in [5.74, 6) is 1.05. The zero-order valence-corrected chi connectivity index (χ0v) is 12.9. The highest BCUT2D eigenvalue weighted by molar-refractivity contribution is 7.17. The number of rotatable bonds is 5. The number of methoxy groups -OCH3 is 1. The zero-order valence-electron chi connectivity index (χ0n) is 11.4. The highest BCUT2D eigenvalue weighted by Gasteiger charge is 2.34. The van der Waals surface area contributed by atoms with E-state index in [1.807, 2.05) is 24.3 Å². The molecular weight excluding hydrogens is 310 g/mol. The Hall–Kier alpha value is -1.66. The molecule has 1 aromatic heterocycles. The lowest BCUT2D eigenvalue weighted by Gasteiger charge is -2.18. The molecule has 1 heterocycles. The van der Waals surface area contributed by atoms with Crippen molar-refractivity contribution in [2.24, 2.45) is 5.92 Å². The van der Waals surface area contributed by atoms with Crippen LogP contribution in [-0.2, 0) is 0 Å². The third-order valence-corrected chi connectivity index (χ3v) is 4.47. The molecule has 1 unspecified atom stereocenters. The van der Waals surface area contributed by atoms with Crippen molar-refractivity contribution in [2.75, 3.05) is 7.11 Å². The van der Waals surface area contributed by atoms with Crippen molar-refractivity contribution in [2.45, 2.75) is 18.9 Å². The summed E-state index contributed by atoms with van der Waals surface area (Å²) >= 11 is 6.80. The fourth-order valence-electron chi connectivity index (χ4n) is 2.21. The molecule has 1 saturated carbocycles. The lowest BCUT2D eigenvalue weighted by molar-refractivity contribution is 0.0930. The molecule has 3 rings (SSSR count). The molecule has 0 bridgehead atoms. The average molecular weight is 324 g/mol. The van der Waals surface area contributed by atoms with Crippen LogP contribution in [0.1, 0.15) is 34.2 Å². The highest BCUT2D eigenvalue weighted by atomic mass is 35.5. The van der Waals surface area contributed by atoms with Crippen LogP contribution < -0.4 is 10.1 Å². The third-order valence-electron chi connectivity index (χ3n) is 3.45. The molecule has 0 spiro atoms. The molecule has 1 aliphatic carbocycles. The van der Waals surface area contributed by atoms with Gasteiger partial charge in [0.15, 0.2) is 0 Å². The second-order valence-electron chi connectivity index (χ2n) is 4.92. The predicted molar refractivity (Wildman–Crippen MR) is 80.8 cm³/mol. The summed E-state index contributed by atoms with van der Waals surface area (Å²) in [5.41, 5.74) is 1.07. The summed E-state index contributed by atoms with van der Waals surface area (Å²) in [4.78, 5) is 12.2. The second kappa shape index (κ2) is 5.99. The van der Waals surface area contributed by atoms with Gasteiger partial charge in [0.05, 0.1) is 13.2 Å². The largest absolute Gasteiger partial charge is 0.497 e. The lowest BCUT2D eigenvalue weighted by Crippen LogP contribution is -2.29.